The lowest BCUT2D eigenvalue weighted by molar-refractivity contribution is 0.253. The van der Waals surface area contributed by atoms with Gasteiger partial charge in [-0.25, -0.2) is 4.40 Å². The van der Waals surface area contributed by atoms with Gasteiger partial charge >= 0.3 is 0 Å². The lowest BCUT2D eigenvalue weighted by Crippen LogP contribution is -2.34. The van der Waals surface area contributed by atoms with E-state index in [2.05, 4.69) is 39.6 Å². The molecule has 17 heavy (non-hydrogen) atoms. The zero-order valence-electron chi connectivity index (χ0n) is 9.71. The van der Waals surface area contributed by atoms with Crippen molar-refractivity contribution in [1.29, 1.82) is 0 Å². The van der Waals surface area contributed by atoms with E-state index in [1.807, 2.05) is 11.8 Å². The number of hydrogen-bond donors (Lipinski definition) is 0. The molecule has 3 rings (SSSR count). The van der Waals surface area contributed by atoms with Crippen LogP contribution in [0.3, 0.4) is 0 Å². The fourth-order valence-electron chi connectivity index (χ4n) is 2.20. The van der Waals surface area contributed by atoms with Crippen LogP contribution in [0.2, 0.25) is 0 Å². The summed E-state index contributed by atoms with van der Waals surface area (Å²) >= 11 is 3.64. The van der Waals surface area contributed by atoms with E-state index in [0.29, 0.717) is 4.71 Å². The molecule has 1 atom stereocenters. The van der Waals surface area contributed by atoms with Crippen molar-refractivity contribution in [2.45, 2.75) is 24.0 Å². The number of hydrogen-bond acceptors (Lipinski definition) is 4. The van der Waals surface area contributed by atoms with Gasteiger partial charge < -0.3 is 0 Å². The molecule has 4 heteroatoms. The van der Waals surface area contributed by atoms with Gasteiger partial charge in [0.1, 0.15) is 9.75 Å². The predicted octanol–water partition coefficient (Wildman–Crippen LogP) is 3.60. The van der Waals surface area contributed by atoms with Crippen LogP contribution >= 0.6 is 23.7 Å². The molecule has 0 amide bonds. The Hall–Kier alpha value is -0.450. The normalized spacial score (nSPS) is 25.9. The SMILES string of the molecule is c1ccc(C2=NSC(N3CCCCC3)S2)cc1. The molecular weight excluding hydrogens is 248 g/mol. The van der Waals surface area contributed by atoms with Gasteiger partial charge in [0.2, 0.25) is 0 Å². The average Bonchev–Trinajstić information content (AvgIpc) is 2.90. The van der Waals surface area contributed by atoms with E-state index in [4.69, 9.17) is 0 Å². The Kier molecular flexibility index (Phi) is 3.74. The number of thioether (sulfide) groups is 1. The lowest BCUT2D eigenvalue weighted by Gasteiger charge is -2.29. The summed E-state index contributed by atoms with van der Waals surface area (Å²) in [7, 11) is 0. The first-order valence-electron chi connectivity index (χ1n) is 6.13. The summed E-state index contributed by atoms with van der Waals surface area (Å²) in [6, 6.07) is 10.5. The highest BCUT2D eigenvalue weighted by molar-refractivity contribution is 8.28. The monoisotopic (exact) mass is 264 g/mol. The second-order valence-electron chi connectivity index (χ2n) is 4.39. The van der Waals surface area contributed by atoms with Crippen molar-refractivity contribution >= 4 is 28.8 Å². The van der Waals surface area contributed by atoms with Gasteiger partial charge in [0.15, 0.2) is 0 Å². The molecular formula is C13H16N2S2. The molecule has 1 aromatic carbocycles. The van der Waals surface area contributed by atoms with Gasteiger partial charge in [0.25, 0.3) is 0 Å². The molecule has 0 aromatic heterocycles. The first-order valence-corrected chi connectivity index (χ1v) is 7.85. The van der Waals surface area contributed by atoms with E-state index in [1.165, 1.54) is 43.0 Å². The maximum atomic E-state index is 4.62. The highest BCUT2D eigenvalue weighted by Crippen LogP contribution is 2.39. The smallest absolute Gasteiger partial charge is 0.131 e. The van der Waals surface area contributed by atoms with Gasteiger partial charge in [-0.15, -0.1) is 0 Å². The van der Waals surface area contributed by atoms with Crippen LogP contribution in [0.25, 0.3) is 0 Å². The van der Waals surface area contributed by atoms with Crippen LogP contribution < -0.4 is 0 Å². The van der Waals surface area contributed by atoms with Crippen LogP contribution in [0.4, 0.5) is 0 Å². The molecule has 2 aliphatic heterocycles. The Morgan fingerprint density at radius 3 is 2.59 bits per heavy atom. The Morgan fingerprint density at radius 1 is 1.06 bits per heavy atom. The highest BCUT2D eigenvalue weighted by Gasteiger charge is 2.28. The quantitative estimate of drug-likeness (QED) is 0.759. The molecule has 1 unspecified atom stereocenters. The lowest BCUT2D eigenvalue weighted by atomic mass is 10.1. The summed E-state index contributed by atoms with van der Waals surface area (Å²) in [6.07, 6.45) is 4.08. The van der Waals surface area contributed by atoms with E-state index in [0.717, 1.165) is 0 Å². The summed E-state index contributed by atoms with van der Waals surface area (Å²) in [4.78, 5) is 2.57. The van der Waals surface area contributed by atoms with Gasteiger partial charge in [-0.1, -0.05) is 48.5 Å². The molecule has 1 aromatic rings. The average molecular weight is 264 g/mol. The van der Waals surface area contributed by atoms with Gasteiger partial charge in [-0.2, -0.15) is 0 Å². The molecule has 0 saturated carbocycles. The third-order valence-corrected chi connectivity index (χ3v) is 5.63. The fourth-order valence-corrected chi connectivity index (χ4v) is 4.54. The van der Waals surface area contributed by atoms with Crippen LogP contribution in [-0.2, 0) is 0 Å². The Morgan fingerprint density at radius 2 is 1.82 bits per heavy atom. The van der Waals surface area contributed by atoms with Gasteiger partial charge in [-0.05, 0) is 12.8 Å². The molecule has 2 aliphatic rings. The van der Waals surface area contributed by atoms with E-state index in [1.54, 1.807) is 11.9 Å². The maximum Gasteiger partial charge on any atom is 0.131 e. The molecule has 0 spiro atoms. The largest absolute Gasteiger partial charge is 0.281 e. The Bertz CT molecular complexity index is 399. The number of nitrogens with zero attached hydrogens (tertiary/aromatic N) is 2. The predicted molar refractivity (Wildman–Crippen MR) is 77.4 cm³/mol. The molecule has 1 saturated heterocycles. The van der Waals surface area contributed by atoms with Crippen LogP contribution in [0.15, 0.2) is 34.7 Å². The number of rotatable bonds is 2. The van der Waals surface area contributed by atoms with E-state index in [-0.39, 0.29) is 0 Å². The van der Waals surface area contributed by atoms with Crippen molar-refractivity contribution in [2.75, 3.05) is 13.1 Å². The molecule has 1 fully saturated rings. The molecule has 0 radical (unpaired) electrons. The van der Waals surface area contributed by atoms with E-state index < -0.39 is 0 Å². The second-order valence-corrected chi connectivity index (χ2v) is 6.60. The van der Waals surface area contributed by atoms with E-state index >= 15 is 0 Å². The number of benzene rings is 1. The minimum Gasteiger partial charge on any atom is -0.281 e. The summed E-state index contributed by atoms with van der Waals surface area (Å²) in [6.45, 7) is 2.48. The molecule has 0 aliphatic carbocycles. The van der Waals surface area contributed by atoms with Crippen LogP contribution in [-0.4, -0.2) is 27.7 Å². The summed E-state index contributed by atoms with van der Waals surface area (Å²) in [5.41, 5.74) is 1.25. The fraction of sp³-hybridized carbons (Fsp3) is 0.462. The second kappa shape index (κ2) is 5.46. The Labute approximate surface area is 111 Å². The van der Waals surface area contributed by atoms with Crippen molar-refractivity contribution in [1.82, 2.24) is 4.90 Å². The van der Waals surface area contributed by atoms with E-state index in [9.17, 15) is 0 Å². The van der Waals surface area contributed by atoms with Crippen LogP contribution in [0.5, 0.6) is 0 Å². The first kappa shape index (κ1) is 11.6. The topological polar surface area (TPSA) is 15.6 Å². The van der Waals surface area contributed by atoms with Crippen molar-refractivity contribution < 1.29 is 0 Å². The molecule has 2 heterocycles. The minimum absolute atomic E-state index is 0.505. The number of likely N-dealkylation sites (tertiary alicyclic amines) is 1. The third-order valence-electron chi connectivity index (χ3n) is 3.15. The van der Waals surface area contributed by atoms with Crippen LogP contribution in [0, 0.1) is 0 Å². The van der Waals surface area contributed by atoms with Crippen molar-refractivity contribution in [3.05, 3.63) is 35.9 Å². The number of piperidine rings is 1. The standard InChI is InChI=1S/C13H16N2S2/c1-3-7-11(8-4-1)12-14-17-13(16-12)15-9-5-2-6-10-15/h1,3-4,7-8,13H,2,5-6,9-10H2. The minimum atomic E-state index is 0.505. The summed E-state index contributed by atoms with van der Waals surface area (Å²) in [5, 5.41) is 1.19. The third kappa shape index (κ3) is 2.69. The van der Waals surface area contributed by atoms with Gasteiger partial charge in [0.05, 0.1) is 0 Å². The highest BCUT2D eigenvalue weighted by atomic mass is 32.2. The summed E-state index contributed by atoms with van der Waals surface area (Å²) < 4.78 is 5.12. The van der Waals surface area contributed by atoms with Gasteiger partial charge in [-0.3, -0.25) is 4.90 Å². The zero-order chi connectivity index (χ0) is 11.5. The zero-order valence-corrected chi connectivity index (χ0v) is 11.3. The van der Waals surface area contributed by atoms with Crippen LogP contribution in [0.1, 0.15) is 24.8 Å². The van der Waals surface area contributed by atoms with Crippen molar-refractivity contribution in [3.63, 3.8) is 0 Å². The van der Waals surface area contributed by atoms with Crippen molar-refractivity contribution in [2.24, 2.45) is 4.40 Å². The Balaban J connectivity index is 1.64. The first-order chi connectivity index (χ1) is 8.43. The van der Waals surface area contributed by atoms with Crippen molar-refractivity contribution in [3.8, 4) is 0 Å². The van der Waals surface area contributed by atoms with Gasteiger partial charge in [0, 0.05) is 30.6 Å². The maximum absolute atomic E-state index is 4.62. The molecule has 0 N–H and O–H groups in total. The molecule has 0 bridgehead atoms. The summed E-state index contributed by atoms with van der Waals surface area (Å²) in [5.74, 6) is 0. The molecule has 90 valence electrons. The molecule has 2 nitrogen and oxygen atoms in total.